The lowest BCUT2D eigenvalue weighted by atomic mass is 9.99. The zero-order valence-electron chi connectivity index (χ0n) is 26.5. The van der Waals surface area contributed by atoms with Crippen molar-refractivity contribution in [2.45, 2.75) is 69.4 Å². The number of amides is 2. The Morgan fingerprint density at radius 2 is 1.87 bits per heavy atom. The molecular weight excluding hydrogens is 574 g/mol. The number of hydrogen-bond donors (Lipinski definition) is 4. The number of anilines is 2. The molecule has 0 radical (unpaired) electrons. The molecule has 2 bridgehead atoms. The predicted octanol–water partition coefficient (Wildman–Crippen LogP) is 0.177. The minimum Gasteiger partial charge on any atom is -0.495 e. The summed E-state index contributed by atoms with van der Waals surface area (Å²) >= 11 is 0. The molecular formula is C32H47N9O4. The van der Waals surface area contributed by atoms with Gasteiger partial charge in [-0.15, -0.1) is 5.92 Å². The number of nitrogens with zero attached hydrogens (tertiary/aromatic N) is 5. The number of likely N-dealkylation sites (N-methyl/N-ethyl adjacent to an activating group) is 1. The monoisotopic (exact) mass is 621 g/mol. The maximum absolute atomic E-state index is 13.9. The topological polar surface area (TPSA) is 117 Å². The number of rotatable bonds is 4. The highest BCUT2D eigenvalue weighted by Gasteiger charge is 2.53. The van der Waals surface area contributed by atoms with Crippen LogP contribution in [0.5, 0.6) is 5.75 Å². The van der Waals surface area contributed by atoms with Gasteiger partial charge >= 0.3 is 0 Å². The minimum absolute atomic E-state index is 0.0307. The number of morpholine rings is 1. The van der Waals surface area contributed by atoms with Gasteiger partial charge in [-0.05, 0) is 50.9 Å². The van der Waals surface area contributed by atoms with E-state index in [2.05, 4.69) is 61.0 Å². The molecule has 0 aliphatic carbocycles. The highest BCUT2D eigenvalue weighted by atomic mass is 16.5. The third-order valence-corrected chi connectivity index (χ3v) is 10.1. The van der Waals surface area contributed by atoms with Gasteiger partial charge in [0, 0.05) is 51.4 Å². The molecule has 5 fully saturated rings. The van der Waals surface area contributed by atoms with Gasteiger partial charge in [-0.25, -0.2) is 0 Å². The van der Waals surface area contributed by atoms with Crippen molar-refractivity contribution in [1.82, 2.24) is 35.8 Å². The lowest BCUT2D eigenvalue weighted by Gasteiger charge is -2.50. The first kappa shape index (κ1) is 30.5. The van der Waals surface area contributed by atoms with Crippen molar-refractivity contribution >= 4 is 23.2 Å². The third kappa shape index (κ3) is 6.19. The second-order valence-electron chi connectivity index (χ2n) is 13.0. The second kappa shape index (κ2) is 13.3. The van der Waals surface area contributed by atoms with Crippen LogP contribution in [0.25, 0.3) is 0 Å². The molecule has 0 aromatic heterocycles. The average Bonchev–Trinajstić information content (AvgIpc) is 3.33. The molecule has 1 aromatic rings. The number of ether oxygens (including phenoxy) is 2. The third-order valence-electron chi connectivity index (χ3n) is 10.1. The van der Waals surface area contributed by atoms with Gasteiger partial charge in [0.15, 0.2) is 0 Å². The summed E-state index contributed by atoms with van der Waals surface area (Å²) < 4.78 is 11.7. The van der Waals surface area contributed by atoms with Gasteiger partial charge in [-0.2, -0.15) is 5.01 Å². The number of piperidine rings is 1. The lowest BCUT2D eigenvalue weighted by molar-refractivity contribution is -0.176. The number of piperazine rings is 1. The van der Waals surface area contributed by atoms with Crippen molar-refractivity contribution in [3.05, 3.63) is 18.2 Å². The summed E-state index contributed by atoms with van der Waals surface area (Å²) in [5.74, 6) is 7.27. The fourth-order valence-corrected chi connectivity index (χ4v) is 7.61. The molecule has 4 N–H and O–H groups in total. The maximum atomic E-state index is 13.9. The van der Waals surface area contributed by atoms with E-state index in [0.717, 1.165) is 81.8 Å². The maximum Gasteiger partial charge on any atom is 0.249 e. The zero-order chi connectivity index (χ0) is 30.9. The smallest absolute Gasteiger partial charge is 0.249 e. The first-order chi connectivity index (χ1) is 22.0. The minimum atomic E-state index is -0.267. The van der Waals surface area contributed by atoms with Crippen LogP contribution in [0.1, 0.15) is 38.5 Å². The van der Waals surface area contributed by atoms with Gasteiger partial charge < -0.3 is 29.5 Å². The predicted molar refractivity (Wildman–Crippen MR) is 170 cm³/mol. The van der Waals surface area contributed by atoms with Gasteiger partial charge in [0.1, 0.15) is 24.8 Å². The van der Waals surface area contributed by atoms with Crippen molar-refractivity contribution in [2.75, 3.05) is 76.8 Å². The Morgan fingerprint density at radius 1 is 1.00 bits per heavy atom. The molecule has 6 heterocycles. The summed E-state index contributed by atoms with van der Waals surface area (Å²) in [6.07, 6.45) is 4.44. The highest BCUT2D eigenvalue weighted by molar-refractivity contribution is 5.82. The van der Waals surface area contributed by atoms with E-state index in [9.17, 15) is 9.59 Å². The van der Waals surface area contributed by atoms with Crippen LogP contribution in [0.15, 0.2) is 18.2 Å². The van der Waals surface area contributed by atoms with Crippen LogP contribution in [-0.2, 0) is 14.3 Å². The molecule has 5 saturated heterocycles. The lowest BCUT2D eigenvalue weighted by Crippen LogP contribution is -2.72. The zero-order valence-corrected chi connectivity index (χ0v) is 26.5. The average molecular weight is 622 g/mol. The molecule has 244 valence electrons. The van der Waals surface area contributed by atoms with Crippen LogP contribution < -0.4 is 30.9 Å². The molecule has 6 unspecified atom stereocenters. The van der Waals surface area contributed by atoms with Gasteiger partial charge in [-0.1, -0.05) is 12.3 Å². The van der Waals surface area contributed by atoms with Crippen molar-refractivity contribution < 1.29 is 19.1 Å². The van der Waals surface area contributed by atoms with Crippen LogP contribution in [0.4, 0.5) is 11.4 Å². The molecule has 45 heavy (non-hydrogen) atoms. The normalized spacial score (nSPS) is 33.1. The number of hydrazine groups is 1. The Labute approximate surface area is 265 Å². The fourth-order valence-electron chi connectivity index (χ4n) is 7.61. The Hall–Kier alpha value is -3.12. The van der Waals surface area contributed by atoms with Gasteiger partial charge in [-0.3, -0.25) is 30.5 Å². The molecule has 2 amide bonds. The number of benzene rings is 1. The number of hydrogen-bond acceptors (Lipinski definition) is 11. The standard InChI is InChI=1S/C32H47N9O4/c1-37-15-17-38(18-16-37)24-19-22(9-10-25(24)44-2)34-32-33-20-23-29(36-32)41-27-12-11-26-30(35-27)39(28(42)21-45-26)13-7-5-3-4-6-8-14-40(41)31(23)43/h9-10,19,23,26-27,29-30,32-36H,3-5,7,11-18,20-21H2,1-2H3. The van der Waals surface area contributed by atoms with E-state index in [1.54, 1.807) is 7.11 Å². The summed E-state index contributed by atoms with van der Waals surface area (Å²) in [7, 11) is 3.87. The van der Waals surface area contributed by atoms with Crippen LogP contribution in [0.2, 0.25) is 0 Å². The number of nitrogens with one attached hydrogen (secondary N) is 4. The number of fused-ring (bicyclic) bond motifs is 5. The van der Waals surface area contributed by atoms with Gasteiger partial charge in [0.25, 0.3) is 0 Å². The molecule has 7 rings (SSSR count). The molecule has 1 aromatic carbocycles. The van der Waals surface area contributed by atoms with Crippen LogP contribution in [0, 0.1) is 17.8 Å². The van der Waals surface area contributed by atoms with Crippen molar-refractivity contribution in [1.29, 1.82) is 0 Å². The Kier molecular flexibility index (Phi) is 9.03. The summed E-state index contributed by atoms with van der Waals surface area (Å²) in [6, 6.07) is 6.21. The van der Waals surface area contributed by atoms with E-state index in [4.69, 9.17) is 9.47 Å². The van der Waals surface area contributed by atoms with E-state index in [1.165, 1.54) is 0 Å². The first-order valence-electron chi connectivity index (χ1n) is 16.6. The molecule has 6 aliphatic heterocycles. The van der Waals surface area contributed by atoms with Crippen molar-refractivity contribution in [3.63, 3.8) is 0 Å². The number of methoxy groups -OCH3 is 1. The number of carbonyl (C=O) groups is 2. The molecule has 6 atom stereocenters. The SMILES string of the molecule is COc1ccc(NC2NCC3C(=O)N4CC#CCCCCCN5C(=O)COC6CCC(NC65)N4C3N2)cc1N1CCN(C)CC1. The van der Waals surface area contributed by atoms with E-state index < -0.39 is 0 Å². The van der Waals surface area contributed by atoms with Crippen molar-refractivity contribution in [2.24, 2.45) is 5.92 Å². The van der Waals surface area contributed by atoms with Gasteiger partial charge in [0.2, 0.25) is 11.8 Å². The molecule has 6 aliphatic rings. The highest BCUT2D eigenvalue weighted by Crippen LogP contribution is 2.35. The Bertz CT molecular complexity index is 1310. The Balaban J connectivity index is 1.12. The summed E-state index contributed by atoms with van der Waals surface area (Å²) in [5.41, 5.74) is 2.04. The first-order valence-corrected chi connectivity index (χ1v) is 16.6. The summed E-state index contributed by atoms with van der Waals surface area (Å²) in [6.45, 7) is 5.63. The fraction of sp³-hybridized carbons (Fsp3) is 0.688. The van der Waals surface area contributed by atoms with E-state index in [-0.39, 0.29) is 55.2 Å². The van der Waals surface area contributed by atoms with Crippen molar-refractivity contribution in [3.8, 4) is 17.6 Å². The van der Waals surface area contributed by atoms with Crippen LogP contribution in [-0.4, -0.2) is 129 Å². The van der Waals surface area contributed by atoms with E-state index in [1.807, 2.05) is 22.0 Å². The molecule has 0 saturated carbocycles. The van der Waals surface area contributed by atoms with E-state index in [0.29, 0.717) is 19.6 Å². The van der Waals surface area contributed by atoms with Crippen LogP contribution in [0.3, 0.4) is 0 Å². The quantitative estimate of drug-likeness (QED) is 0.345. The molecule has 0 spiro atoms. The van der Waals surface area contributed by atoms with Crippen LogP contribution >= 0.6 is 0 Å². The van der Waals surface area contributed by atoms with Gasteiger partial charge in [0.05, 0.1) is 43.7 Å². The summed E-state index contributed by atoms with van der Waals surface area (Å²) in [4.78, 5) is 33.5. The van der Waals surface area contributed by atoms with E-state index >= 15 is 0 Å². The molecule has 13 heteroatoms. The second-order valence-corrected chi connectivity index (χ2v) is 13.0. The number of carbonyl (C=O) groups excluding carboxylic acids is 2. The Morgan fingerprint density at radius 3 is 2.71 bits per heavy atom. The largest absolute Gasteiger partial charge is 0.495 e. The summed E-state index contributed by atoms with van der Waals surface area (Å²) in [5, 5.41) is 18.6. The molecule has 13 nitrogen and oxygen atoms in total.